The van der Waals surface area contributed by atoms with E-state index in [1.165, 1.54) is 0 Å². The summed E-state index contributed by atoms with van der Waals surface area (Å²) in [6.45, 7) is 0.906. The molecule has 1 fully saturated rings. The second kappa shape index (κ2) is 13.9. The van der Waals surface area contributed by atoms with Gasteiger partial charge in [-0.25, -0.2) is 0 Å². The molecule has 3 N–H and O–H groups in total. The van der Waals surface area contributed by atoms with Crippen molar-refractivity contribution in [1.29, 1.82) is 0 Å². The maximum Gasteiger partial charge on any atom is 0.251 e. The molecule has 3 rings (SSSR count). The summed E-state index contributed by atoms with van der Waals surface area (Å²) < 4.78 is 5.74. The molecule has 1 aliphatic rings. The van der Waals surface area contributed by atoms with Crippen LogP contribution in [0.25, 0.3) is 0 Å². The smallest absolute Gasteiger partial charge is 0.251 e. The average molecular weight is 494 g/mol. The molecule has 1 aliphatic heterocycles. The van der Waals surface area contributed by atoms with Crippen LogP contribution >= 0.6 is 0 Å². The van der Waals surface area contributed by atoms with Gasteiger partial charge in [0.25, 0.3) is 5.91 Å². The Bertz CT molecular complexity index is 1040. The van der Waals surface area contributed by atoms with E-state index in [9.17, 15) is 14.4 Å². The number of hydrogen-bond donors (Lipinski definition) is 3. The Labute approximate surface area is 212 Å². The van der Waals surface area contributed by atoms with Crippen LogP contribution in [-0.4, -0.2) is 68.2 Å². The summed E-state index contributed by atoms with van der Waals surface area (Å²) in [7, 11) is 3.59. The van der Waals surface area contributed by atoms with Crippen LogP contribution in [-0.2, 0) is 9.59 Å². The van der Waals surface area contributed by atoms with E-state index in [0.717, 1.165) is 31.5 Å². The highest BCUT2D eigenvalue weighted by Gasteiger charge is 2.33. The van der Waals surface area contributed by atoms with E-state index in [4.69, 9.17) is 4.74 Å². The van der Waals surface area contributed by atoms with Gasteiger partial charge in [0.2, 0.25) is 11.8 Å². The van der Waals surface area contributed by atoms with Crippen LogP contribution in [0.3, 0.4) is 0 Å². The van der Waals surface area contributed by atoms with Gasteiger partial charge in [0.05, 0.1) is 12.4 Å². The molecule has 1 saturated heterocycles. The summed E-state index contributed by atoms with van der Waals surface area (Å²) in [6, 6.07) is 15.6. The first-order valence-electron chi connectivity index (χ1n) is 12.3. The standard InChI is InChI=1S/C27H35N5O4/c1-28-24(29-2)12-6-7-17-30-27(35)23-11-8-18-32(23)25(33)19-31-26(34)20-13-15-22(16-14-20)36-21-9-4-3-5-10-21/h3-5,9-10,13-16,23H,6-8,11-12,17-19H2,1-2H3,(H,28,29)(H,30,35)(H,31,34)/t23-/m0/s1. The van der Waals surface area contributed by atoms with Crippen LogP contribution < -0.4 is 20.7 Å². The number of nitrogens with zero attached hydrogens (tertiary/aromatic N) is 2. The summed E-state index contributed by atoms with van der Waals surface area (Å²) in [4.78, 5) is 43.6. The minimum absolute atomic E-state index is 0.140. The van der Waals surface area contributed by atoms with Crippen molar-refractivity contribution in [3.63, 3.8) is 0 Å². The Morgan fingerprint density at radius 3 is 2.42 bits per heavy atom. The lowest BCUT2D eigenvalue weighted by Crippen LogP contribution is -2.49. The van der Waals surface area contributed by atoms with Crippen molar-refractivity contribution >= 4 is 23.6 Å². The molecule has 9 nitrogen and oxygen atoms in total. The zero-order valence-electron chi connectivity index (χ0n) is 21.0. The van der Waals surface area contributed by atoms with Gasteiger partial charge in [-0.3, -0.25) is 19.4 Å². The van der Waals surface area contributed by atoms with Crippen molar-refractivity contribution in [3.05, 3.63) is 60.2 Å². The average Bonchev–Trinajstić information content (AvgIpc) is 3.40. The van der Waals surface area contributed by atoms with Crippen LogP contribution in [0, 0.1) is 0 Å². The monoisotopic (exact) mass is 493 g/mol. The van der Waals surface area contributed by atoms with E-state index in [0.29, 0.717) is 36.6 Å². The molecule has 0 aromatic heterocycles. The van der Waals surface area contributed by atoms with Crippen LogP contribution in [0.1, 0.15) is 42.5 Å². The molecule has 3 amide bonds. The fraction of sp³-hybridized carbons (Fsp3) is 0.407. The van der Waals surface area contributed by atoms with E-state index in [2.05, 4.69) is 20.9 Å². The molecule has 0 bridgehead atoms. The maximum atomic E-state index is 12.8. The number of carbonyl (C=O) groups is 3. The summed E-state index contributed by atoms with van der Waals surface area (Å²) >= 11 is 0. The number of rotatable bonds is 11. The Kier molecular flexibility index (Phi) is 10.3. The normalized spacial score (nSPS) is 15.3. The molecule has 9 heteroatoms. The van der Waals surface area contributed by atoms with Crippen LogP contribution in [0.15, 0.2) is 59.6 Å². The van der Waals surface area contributed by atoms with Gasteiger partial charge in [-0.1, -0.05) is 18.2 Å². The number of para-hydroxylation sites is 1. The molecular formula is C27H35N5O4. The molecule has 2 aromatic rings. The molecule has 1 heterocycles. The summed E-state index contributed by atoms with van der Waals surface area (Å²) in [5.41, 5.74) is 0.425. The SMILES string of the molecule is CN=C(CCCCNC(=O)[C@@H]1CCCN1C(=O)CNC(=O)c1ccc(Oc2ccccc2)cc1)NC. The lowest BCUT2D eigenvalue weighted by atomic mass is 10.2. The molecule has 36 heavy (non-hydrogen) atoms. The first-order chi connectivity index (χ1) is 17.5. The number of nitrogens with one attached hydrogen (secondary N) is 3. The van der Waals surface area contributed by atoms with Crippen molar-refractivity contribution in [3.8, 4) is 11.5 Å². The molecule has 0 radical (unpaired) electrons. The predicted molar refractivity (Wildman–Crippen MR) is 139 cm³/mol. The number of benzene rings is 2. The number of ether oxygens (including phenoxy) is 1. The van der Waals surface area contributed by atoms with Gasteiger partial charge in [-0.15, -0.1) is 0 Å². The van der Waals surface area contributed by atoms with Gasteiger partial charge in [0.15, 0.2) is 0 Å². The quantitative estimate of drug-likeness (QED) is 0.253. The molecule has 0 aliphatic carbocycles. The van der Waals surface area contributed by atoms with E-state index < -0.39 is 6.04 Å². The Hall–Kier alpha value is -3.88. The number of amidine groups is 1. The van der Waals surface area contributed by atoms with Gasteiger partial charge in [-0.2, -0.15) is 0 Å². The Morgan fingerprint density at radius 1 is 1.00 bits per heavy atom. The van der Waals surface area contributed by atoms with Crippen molar-refractivity contribution in [1.82, 2.24) is 20.9 Å². The molecule has 192 valence electrons. The van der Waals surface area contributed by atoms with Crippen molar-refractivity contribution in [2.24, 2.45) is 4.99 Å². The van der Waals surface area contributed by atoms with Gasteiger partial charge in [0.1, 0.15) is 17.5 Å². The lowest BCUT2D eigenvalue weighted by molar-refractivity contribution is -0.137. The largest absolute Gasteiger partial charge is 0.457 e. The van der Waals surface area contributed by atoms with Crippen LogP contribution in [0.5, 0.6) is 11.5 Å². The zero-order valence-corrected chi connectivity index (χ0v) is 21.0. The Balaban J connectivity index is 1.42. The van der Waals surface area contributed by atoms with E-state index in [1.807, 2.05) is 37.4 Å². The number of likely N-dealkylation sites (tertiary alicyclic amines) is 1. The van der Waals surface area contributed by atoms with E-state index in [-0.39, 0.29) is 24.3 Å². The van der Waals surface area contributed by atoms with Crippen molar-refractivity contribution in [2.45, 2.75) is 38.1 Å². The molecule has 2 aromatic carbocycles. The highest BCUT2D eigenvalue weighted by molar-refractivity contribution is 5.97. The molecule has 0 spiro atoms. The van der Waals surface area contributed by atoms with Crippen LogP contribution in [0.4, 0.5) is 0 Å². The number of aliphatic imine (C=N–C) groups is 1. The molecule has 1 atom stereocenters. The van der Waals surface area contributed by atoms with Gasteiger partial charge in [-0.05, 0) is 62.1 Å². The van der Waals surface area contributed by atoms with Gasteiger partial charge >= 0.3 is 0 Å². The minimum atomic E-state index is -0.492. The van der Waals surface area contributed by atoms with E-state index >= 15 is 0 Å². The number of amides is 3. The van der Waals surface area contributed by atoms with Crippen molar-refractivity contribution in [2.75, 3.05) is 33.7 Å². The molecule has 0 unspecified atom stereocenters. The lowest BCUT2D eigenvalue weighted by Gasteiger charge is -2.24. The first kappa shape index (κ1) is 26.7. The summed E-state index contributed by atoms with van der Waals surface area (Å²) in [5.74, 6) is 1.50. The number of carbonyl (C=O) groups excluding carboxylic acids is 3. The highest BCUT2D eigenvalue weighted by atomic mass is 16.5. The third-order valence-corrected chi connectivity index (χ3v) is 6.07. The third kappa shape index (κ3) is 7.83. The molecular weight excluding hydrogens is 458 g/mol. The van der Waals surface area contributed by atoms with Gasteiger partial charge < -0.3 is 25.6 Å². The zero-order chi connectivity index (χ0) is 25.8. The minimum Gasteiger partial charge on any atom is -0.457 e. The van der Waals surface area contributed by atoms with Gasteiger partial charge in [0, 0.05) is 39.2 Å². The highest BCUT2D eigenvalue weighted by Crippen LogP contribution is 2.21. The maximum absolute atomic E-state index is 12.8. The fourth-order valence-corrected chi connectivity index (χ4v) is 4.09. The first-order valence-corrected chi connectivity index (χ1v) is 12.3. The third-order valence-electron chi connectivity index (χ3n) is 6.07. The van der Waals surface area contributed by atoms with Crippen LogP contribution in [0.2, 0.25) is 0 Å². The fourth-order valence-electron chi connectivity index (χ4n) is 4.09. The second-order valence-corrected chi connectivity index (χ2v) is 8.54. The van der Waals surface area contributed by atoms with E-state index in [1.54, 1.807) is 36.2 Å². The van der Waals surface area contributed by atoms with Crippen molar-refractivity contribution < 1.29 is 19.1 Å². The summed E-state index contributed by atoms with van der Waals surface area (Å²) in [6.07, 6.45) is 3.96. The second-order valence-electron chi connectivity index (χ2n) is 8.54. The summed E-state index contributed by atoms with van der Waals surface area (Å²) in [5, 5.41) is 8.65. The molecule has 0 saturated carbocycles. The number of hydrogen-bond acceptors (Lipinski definition) is 5. The predicted octanol–water partition coefficient (Wildman–Crippen LogP) is 2.73. The number of unbranched alkanes of at least 4 members (excludes halogenated alkanes) is 1. The topological polar surface area (TPSA) is 112 Å². The Morgan fingerprint density at radius 2 is 1.72 bits per heavy atom.